The van der Waals surface area contributed by atoms with Gasteiger partial charge >= 0.3 is 0 Å². The van der Waals surface area contributed by atoms with Gasteiger partial charge in [0.15, 0.2) is 0 Å². The lowest BCUT2D eigenvalue weighted by Gasteiger charge is -2.30. The molecule has 0 spiro atoms. The third-order valence-electron chi connectivity index (χ3n) is 4.43. The lowest BCUT2D eigenvalue weighted by Crippen LogP contribution is -2.54. The van der Waals surface area contributed by atoms with Crippen molar-refractivity contribution in [1.29, 1.82) is 0 Å². The molecule has 0 saturated heterocycles. The average Bonchev–Trinajstić information content (AvgIpc) is 2.79. The maximum absolute atomic E-state index is 12.8. The number of nitrogen functional groups attached to an aromatic ring is 1. The molecule has 2 aromatic carbocycles. The predicted octanol–water partition coefficient (Wildman–Crippen LogP) is 3.04. The molecule has 0 bridgehead atoms. The van der Waals surface area contributed by atoms with Crippen LogP contribution in [0.5, 0.6) is 0 Å². The van der Waals surface area contributed by atoms with E-state index in [9.17, 15) is 9.59 Å². The molecule has 2 atom stereocenters. The van der Waals surface area contributed by atoms with E-state index in [1.807, 2.05) is 32.9 Å². The number of carbonyl (C=O) groups excluding carboxylic acids is 2. The van der Waals surface area contributed by atoms with Crippen LogP contribution in [0.3, 0.4) is 0 Å². The van der Waals surface area contributed by atoms with Crippen LogP contribution in [0.25, 0.3) is 0 Å². The van der Waals surface area contributed by atoms with Crippen LogP contribution in [0.15, 0.2) is 48.5 Å². The van der Waals surface area contributed by atoms with Crippen LogP contribution < -0.4 is 16.5 Å². The molecule has 2 aromatic rings. The molecule has 2 amide bonds. The zero-order chi connectivity index (χ0) is 25.1. The number of carbonyl (C=O) groups is 2. The van der Waals surface area contributed by atoms with Gasteiger partial charge in [-0.3, -0.25) is 14.4 Å². The Balaban J connectivity index is 2.07. The van der Waals surface area contributed by atoms with Crippen LogP contribution in [0.4, 0.5) is 5.69 Å². The van der Waals surface area contributed by atoms with E-state index < -0.39 is 29.6 Å². The first-order valence-corrected chi connectivity index (χ1v) is 11.0. The number of rotatable bonds is 7. The molecule has 0 aliphatic heterocycles. The van der Waals surface area contributed by atoms with Crippen molar-refractivity contribution in [3.05, 3.63) is 65.2 Å². The first-order valence-electron chi connectivity index (χ1n) is 11.0. The maximum atomic E-state index is 12.8. The normalized spacial score (nSPS) is 12.3. The Morgan fingerprint density at radius 3 is 2.00 bits per heavy atom. The molecule has 0 aliphatic rings. The van der Waals surface area contributed by atoms with Crippen molar-refractivity contribution in [3.8, 4) is 23.7 Å². The minimum atomic E-state index is -0.943. The molecular weight excluding hydrogens is 430 g/mol. The third-order valence-corrected chi connectivity index (χ3v) is 4.43. The standard InChI is InChI=1S/C27H31N3O4/c1-6-33-30-26(32)24(19(2)34-27(3,4)5)29-25(31)22-15-11-20(12-16-22)9-7-8-10-21-13-17-23(28)18-14-21/h11-19,24H,6,28H2,1-5H3,(H,29,31)(H,30,32)/t19-,24+/m1/s1. The van der Waals surface area contributed by atoms with Crippen LogP contribution >= 0.6 is 0 Å². The van der Waals surface area contributed by atoms with Gasteiger partial charge in [-0.15, -0.1) is 0 Å². The number of amides is 2. The summed E-state index contributed by atoms with van der Waals surface area (Å²) < 4.78 is 5.88. The highest BCUT2D eigenvalue weighted by molar-refractivity contribution is 5.97. The summed E-state index contributed by atoms with van der Waals surface area (Å²) >= 11 is 0. The first-order chi connectivity index (χ1) is 16.1. The van der Waals surface area contributed by atoms with Gasteiger partial charge in [-0.1, -0.05) is 11.8 Å². The van der Waals surface area contributed by atoms with Crippen molar-refractivity contribution >= 4 is 17.5 Å². The molecule has 0 aliphatic carbocycles. The van der Waals surface area contributed by atoms with Crippen molar-refractivity contribution in [2.75, 3.05) is 12.3 Å². The van der Waals surface area contributed by atoms with E-state index in [4.69, 9.17) is 15.3 Å². The molecular formula is C27H31N3O4. The molecule has 0 unspecified atom stereocenters. The largest absolute Gasteiger partial charge is 0.399 e. The molecule has 34 heavy (non-hydrogen) atoms. The predicted molar refractivity (Wildman–Crippen MR) is 132 cm³/mol. The second-order valence-electron chi connectivity index (χ2n) is 8.49. The SMILES string of the molecule is CCONC(=O)[C@@H](NC(=O)c1ccc(C#CC#Cc2ccc(N)cc2)cc1)[C@@H](C)OC(C)(C)C. The van der Waals surface area contributed by atoms with Crippen LogP contribution in [0.2, 0.25) is 0 Å². The van der Waals surface area contributed by atoms with Gasteiger partial charge in [-0.05, 0) is 95.0 Å². The summed E-state index contributed by atoms with van der Waals surface area (Å²) in [4.78, 5) is 30.4. The summed E-state index contributed by atoms with van der Waals surface area (Å²) in [5, 5.41) is 2.73. The fourth-order valence-electron chi connectivity index (χ4n) is 2.93. The maximum Gasteiger partial charge on any atom is 0.268 e. The van der Waals surface area contributed by atoms with Crippen LogP contribution in [-0.4, -0.2) is 36.2 Å². The molecule has 0 aromatic heterocycles. The van der Waals surface area contributed by atoms with Gasteiger partial charge in [0.05, 0.1) is 18.3 Å². The summed E-state index contributed by atoms with van der Waals surface area (Å²) in [7, 11) is 0. The minimum absolute atomic E-state index is 0.299. The van der Waals surface area contributed by atoms with E-state index >= 15 is 0 Å². The number of ether oxygens (including phenoxy) is 1. The van der Waals surface area contributed by atoms with Gasteiger partial charge < -0.3 is 15.8 Å². The van der Waals surface area contributed by atoms with E-state index in [1.54, 1.807) is 50.2 Å². The van der Waals surface area contributed by atoms with E-state index in [1.165, 1.54) is 0 Å². The Morgan fingerprint density at radius 2 is 1.50 bits per heavy atom. The van der Waals surface area contributed by atoms with Crippen molar-refractivity contribution in [1.82, 2.24) is 10.8 Å². The van der Waals surface area contributed by atoms with Crippen molar-refractivity contribution < 1.29 is 19.2 Å². The zero-order valence-electron chi connectivity index (χ0n) is 20.2. The van der Waals surface area contributed by atoms with Crippen LogP contribution in [0, 0.1) is 23.7 Å². The highest BCUT2D eigenvalue weighted by Crippen LogP contribution is 2.14. The number of nitrogens with two attached hydrogens (primary N) is 1. The Hall–Kier alpha value is -3.78. The highest BCUT2D eigenvalue weighted by Gasteiger charge is 2.31. The monoisotopic (exact) mass is 461 g/mol. The van der Waals surface area contributed by atoms with Crippen molar-refractivity contribution in [3.63, 3.8) is 0 Å². The molecule has 178 valence electrons. The Bertz CT molecular complexity index is 1100. The van der Waals surface area contributed by atoms with Crippen molar-refractivity contribution in [2.24, 2.45) is 0 Å². The number of benzene rings is 2. The molecule has 4 N–H and O–H groups in total. The first kappa shape index (κ1) is 26.5. The summed E-state index contributed by atoms with van der Waals surface area (Å²) in [5.41, 5.74) is 10.1. The van der Waals surface area contributed by atoms with Gasteiger partial charge in [0.25, 0.3) is 11.8 Å². The van der Waals surface area contributed by atoms with Gasteiger partial charge in [0.2, 0.25) is 0 Å². The van der Waals surface area contributed by atoms with Crippen LogP contribution in [0.1, 0.15) is 56.1 Å². The number of hydroxylamine groups is 1. The number of anilines is 1. The third kappa shape index (κ3) is 8.99. The zero-order valence-corrected chi connectivity index (χ0v) is 20.2. The highest BCUT2D eigenvalue weighted by atomic mass is 16.6. The number of hydrogen-bond donors (Lipinski definition) is 3. The molecule has 2 rings (SSSR count). The molecule has 0 heterocycles. The molecule has 0 radical (unpaired) electrons. The Kier molecular flexibility index (Phi) is 9.70. The second-order valence-corrected chi connectivity index (χ2v) is 8.49. The summed E-state index contributed by atoms with van der Waals surface area (Å²) in [5.74, 6) is 10.6. The van der Waals surface area contributed by atoms with Gasteiger partial charge in [-0.2, -0.15) is 0 Å². The lowest BCUT2D eigenvalue weighted by molar-refractivity contribution is -0.142. The van der Waals surface area contributed by atoms with E-state index in [0.29, 0.717) is 23.4 Å². The smallest absolute Gasteiger partial charge is 0.268 e. The van der Waals surface area contributed by atoms with Gasteiger partial charge in [-0.25, -0.2) is 5.48 Å². The quantitative estimate of drug-likeness (QED) is 0.334. The molecule has 7 nitrogen and oxygen atoms in total. The van der Waals surface area contributed by atoms with E-state index in [0.717, 1.165) is 5.56 Å². The Labute approximate surface area is 201 Å². The number of nitrogens with one attached hydrogen (secondary N) is 2. The topological polar surface area (TPSA) is 103 Å². The fourth-order valence-corrected chi connectivity index (χ4v) is 2.93. The van der Waals surface area contributed by atoms with Gasteiger partial charge in [0.1, 0.15) is 6.04 Å². The molecule has 0 saturated carbocycles. The van der Waals surface area contributed by atoms with Gasteiger partial charge in [0, 0.05) is 22.4 Å². The summed E-state index contributed by atoms with van der Waals surface area (Å²) in [6.07, 6.45) is -0.589. The van der Waals surface area contributed by atoms with E-state index in [-0.39, 0.29) is 0 Å². The second kappa shape index (κ2) is 12.5. The van der Waals surface area contributed by atoms with Crippen molar-refractivity contribution in [2.45, 2.75) is 52.4 Å². The molecule has 0 fully saturated rings. The van der Waals surface area contributed by atoms with Crippen LogP contribution in [-0.2, 0) is 14.4 Å². The minimum Gasteiger partial charge on any atom is -0.399 e. The average molecular weight is 462 g/mol. The summed E-state index contributed by atoms with van der Waals surface area (Å²) in [6.45, 7) is 9.41. The summed E-state index contributed by atoms with van der Waals surface area (Å²) in [6, 6.07) is 13.0. The lowest BCUT2D eigenvalue weighted by atomic mass is 10.1. The Morgan fingerprint density at radius 1 is 0.971 bits per heavy atom. The fraction of sp³-hybridized carbons (Fsp3) is 0.333. The molecule has 7 heteroatoms. The number of hydrogen-bond acceptors (Lipinski definition) is 5. The van der Waals surface area contributed by atoms with E-state index in [2.05, 4.69) is 34.5 Å².